The first-order valence-corrected chi connectivity index (χ1v) is 6.31. The molecule has 1 unspecified atom stereocenters. The molecule has 0 radical (unpaired) electrons. The summed E-state index contributed by atoms with van der Waals surface area (Å²) in [7, 11) is 0. The minimum absolute atomic E-state index is 0.0417. The maximum Gasteiger partial charge on any atom is 0.241 e. The van der Waals surface area contributed by atoms with Crippen LogP contribution in [0.5, 0.6) is 0 Å². The van der Waals surface area contributed by atoms with Crippen LogP contribution >= 0.6 is 0 Å². The zero-order chi connectivity index (χ0) is 12.8. The first-order valence-electron chi connectivity index (χ1n) is 6.31. The molecule has 1 aliphatic rings. The number of benzene rings is 1. The Morgan fingerprint density at radius 1 is 1.50 bits per heavy atom. The van der Waals surface area contributed by atoms with Crippen molar-refractivity contribution in [3.63, 3.8) is 0 Å². The molecule has 0 aromatic heterocycles. The van der Waals surface area contributed by atoms with E-state index in [2.05, 4.69) is 28.5 Å². The molecule has 0 spiro atoms. The molecule has 0 bridgehead atoms. The Morgan fingerprint density at radius 2 is 2.33 bits per heavy atom. The highest BCUT2D eigenvalue weighted by Crippen LogP contribution is 2.22. The number of hydrogen-bond donors (Lipinski definition) is 2. The second-order valence-electron chi connectivity index (χ2n) is 4.30. The van der Waals surface area contributed by atoms with Crippen molar-refractivity contribution < 1.29 is 4.79 Å². The third kappa shape index (κ3) is 2.91. The highest BCUT2D eigenvalue weighted by atomic mass is 16.2. The Kier molecular flexibility index (Phi) is 4.38. The number of carbonyl (C=O) groups excluding carboxylic acids is 1. The second-order valence-corrected chi connectivity index (χ2v) is 4.30. The third-order valence-corrected chi connectivity index (χ3v) is 3.10. The Bertz CT molecular complexity index is 485. The molecular weight excluding hydrogens is 224 g/mol. The molecule has 0 saturated carbocycles. The molecule has 2 rings (SSSR count). The maximum atomic E-state index is 12.1. The van der Waals surface area contributed by atoms with Gasteiger partial charge >= 0.3 is 0 Å². The molecule has 1 aliphatic heterocycles. The Balaban J connectivity index is 2.00. The van der Waals surface area contributed by atoms with Gasteiger partial charge in [-0.3, -0.25) is 4.79 Å². The molecule has 0 fully saturated rings. The van der Waals surface area contributed by atoms with Crippen molar-refractivity contribution in [1.29, 1.82) is 0 Å². The van der Waals surface area contributed by atoms with E-state index >= 15 is 0 Å². The lowest BCUT2D eigenvalue weighted by atomic mass is 9.94. The van der Waals surface area contributed by atoms with Gasteiger partial charge in [-0.2, -0.15) is 0 Å². The van der Waals surface area contributed by atoms with Crippen molar-refractivity contribution in [2.24, 2.45) is 0 Å². The van der Waals surface area contributed by atoms with Gasteiger partial charge in [0, 0.05) is 19.5 Å². The molecule has 0 aliphatic carbocycles. The highest BCUT2D eigenvalue weighted by molar-refractivity contribution is 5.83. The van der Waals surface area contributed by atoms with Crippen LogP contribution in [-0.4, -0.2) is 19.0 Å². The van der Waals surface area contributed by atoms with Gasteiger partial charge in [0.25, 0.3) is 0 Å². The predicted octanol–water partition coefficient (Wildman–Crippen LogP) is 1.40. The molecule has 3 heteroatoms. The number of hydrogen-bond acceptors (Lipinski definition) is 2. The van der Waals surface area contributed by atoms with E-state index in [1.807, 2.05) is 18.2 Å². The zero-order valence-corrected chi connectivity index (χ0v) is 10.6. The molecule has 1 aromatic rings. The van der Waals surface area contributed by atoms with Crippen LogP contribution in [0.3, 0.4) is 0 Å². The Morgan fingerprint density at radius 3 is 3.17 bits per heavy atom. The second kappa shape index (κ2) is 6.23. The van der Waals surface area contributed by atoms with Gasteiger partial charge in [0.2, 0.25) is 5.91 Å². The fraction of sp³-hybridized carbons (Fsp3) is 0.400. The Hall–Kier alpha value is -1.79. The lowest BCUT2D eigenvalue weighted by Gasteiger charge is -2.25. The van der Waals surface area contributed by atoms with E-state index in [9.17, 15) is 4.79 Å². The smallest absolute Gasteiger partial charge is 0.241 e. The van der Waals surface area contributed by atoms with E-state index in [4.69, 9.17) is 0 Å². The fourth-order valence-corrected chi connectivity index (χ4v) is 2.21. The van der Waals surface area contributed by atoms with Crippen LogP contribution in [0.25, 0.3) is 0 Å². The van der Waals surface area contributed by atoms with Crippen molar-refractivity contribution in [3.05, 3.63) is 35.4 Å². The predicted molar refractivity (Wildman–Crippen MR) is 72.0 cm³/mol. The minimum atomic E-state index is -0.218. The van der Waals surface area contributed by atoms with Gasteiger partial charge in [0.15, 0.2) is 0 Å². The fourth-order valence-electron chi connectivity index (χ4n) is 2.21. The molecule has 0 saturated heterocycles. The first kappa shape index (κ1) is 12.7. The van der Waals surface area contributed by atoms with Crippen molar-refractivity contribution in [2.45, 2.75) is 25.8 Å². The maximum absolute atomic E-state index is 12.1. The average molecular weight is 242 g/mol. The number of amides is 1. The summed E-state index contributed by atoms with van der Waals surface area (Å²) >= 11 is 0. The van der Waals surface area contributed by atoms with E-state index in [-0.39, 0.29) is 11.9 Å². The molecule has 1 heterocycles. The summed E-state index contributed by atoms with van der Waals surface area (Å²) in [4.78, 5) is 12.1. The largest absolute Gasteiger partial charge is 0.353 e. The van der Waals surface area contributed by atoms with Crippen LogP contribution in [-0.2, 0) is 11.2 Å². The summed E-state index contributed by atoms with van der Waals surface area (Å²) in [5, 5.41) is 6.19. The van der Waals surface area contributed by atoms with Crippen LogP contribution in [0, 0.1) is 11.8 Å². The molecule has 3 nitrogen and oxygen atoms in total. The zero-order valence-electron chi connectivity index (χ0n) is 10.6. The number of nitrogens with one attached hydrogen (secondary N) is 2. The van der Waals surface area contributed by atoms with Crippen molar-refractivity contribution in [1.82, 2.24) is 10.6 Å². The normalized spacial score (nSPS) is 17.3. The summed E-state index contributed by atoms with van der Waals surface area (Å²) < 4.78 is 0. The Labute approximate surface area is 108 Å². The molecule has 1 amide bonds. The summed E-state index contributed by atoms with van der Waals surface area (Å²) in [6, 6.07) is 7.91. The van der Waals surface area contributed by atoms with Gasteiger partial charge in [-0.25, -0.2) is 0 Å². The van der Waals surface area contributed by atoms with Gasteiger partial charge < -0.3 is 10.6 Å². The van der Waals surface area contributed by atoms with Crippen LogP contribution in [0.4, 0.5) is 0 Å². The standard InChI is InChI=1S/C15H18N2O/c1-2-3-6-10-17-15(18)14-13-8-5-4-7-12(13)9-11-16-14/h4-5,7-8,14,16H,6,9-11H2,1H3,(H,17,18). The van der Waals surface area contributed by atoms with Crippen LogP contribution in [0.15, 0.2) is 24.3 Å². The average Bonchev–Trinajstić information content (AvgIpc) is 2.43. The molecule has 94 valence electrons. The quantitative estimate of drug-likeness (QED) is 0.621. The molecule has 18 heavy (non-hydrogen) atoms. The summed E-state index contributed by atoms with van der Waals surface area (Å²) in [5.41, 5.74) is 2.37. The van der Waals surface area contributed by atoms with Crippen molar-refractivity contribution in [3.8, 4) is 11.8 Å². The number of fused-ring (bicyclic) bond motifs is 1. The lowest BCUT2D eigenvalue weighted by molar-refractivity contribution is -0.123. The van der Waals surface area contributed by atoms with Gasteiger partial charge in [0.1, 0.15) is 6.04 Å². The van der Waals surface area contributed by atoms with Crippen LogP contribution < -0.4 is 10.6 Å². The van der Waals surface area contributed by atoms with Crippen molar-refractivity contribution in [2.75, 3.05) is 13.1 Å². The van der Waals surface area contributed by atoms with Crippen LogP contribution in [0.1, 0.15) is 30.5 Å². The van der Waals surface area contributed by atoms with Gasteiger partial charge in [-0.15, -0.1) is 11.8 Å². The first-order chi connectivity index (χ1) is 8.83. The summed E-state index contributed by atoms with van der Waals surface area (Å²) in [6.45, 7) is 3.27. The van der Waals surface area contributed by atoms with Crippen LogP contribution in [0.2, 0.25) is 0 Å². The summed E-state index contributed by atoms with van der Waals surface area (Å²) in [6.07, 6.45) is 1.69. The number of carbonyl (C=O) groups is 1. The van der Waals surface area contributed by atoms with E-state index in [1.165, 1.54) is 5.56 Å². The van der Waals surface area contributed by atoms with Gasteiger partial charge in [0.05, 0.1) is 0 Å². The molecule has 1 atom stereocenters. The van der Waals surface area contributed by atoms with Gasteiger partial charge in [-0.05, 0) is 24.5 Å². The minimum Gasteiger partial charge on any atom is -0.353 e. The molecular formula is C15H18N2O. The monoisotopic (exact) mass is 242 g/mol. The summed E-state index contributed by atoms with van der Waals surface area (Å²) in [5.74, 6) is 5.80. The highest BCUT2D eigenvalue weighted by Gasteiger charge is 2.24. The van der Waals surface area contributed by atoms with E-state index in [1.54, 1.807) is 6.92 Å². The molecule has 2 N–H and O–H groups in total. The topological polar surface area (TPSA) is 41.1 Å². The lowest BCUT2D eigenvalue weighted by Crippen LogP contribution is -2.41. The SMILES string of the molecule is CC#CCCNC(=O)C1NCCc2ccccc21. The van der Waals surface area contributed by atoms with E-state index < -0.39 is 0 Å². The molecule has 1 aromatic carbocycles. The van der Waals surface area contributed by atoms with E-state index in [0.29, 0.717) is 13.0 Å². The van der Waals surface area contributed by atoms with Crippen molar-refractivity contribution >= 4 is 5.91 Å². The third-order valence-electron chi connectivity index (χ3n) is 3.10. The van der Waals surface area contributed by atoms with E-state index in [0.717, 1.165) is 18.5 Å². The number of rotatable bonds is 3. The van der Waals surface area contributed by atoms with Gasteiger partial charge in [-0.1, -0.05) is 24.3 Å².